The van der Waals surface area contributed by atoms with Gasteiger partial charge in [-0.3, -0.25) is 0 Å². The largest absolute Gasteiger partial charge is 0.417 e. The van der Waals surface area contributed by atoms with E-state index in [9.17, 15) is 23.3 Å². The molecule has 2 aromatic heterocycles. The Labute approximate surface area is 127 Å². The number of nitro groups is 1. The minimum absolute atomic E-state index is 0.113. The smallest absolute Gasteiger partial charge is 0.358 e. The molecular weight excluding hydrogens is 321 g/mol. The van der Waals surface area contributed by atoms with Crippen LogP contribution in [-0.2, 0) is 12.7 Å². The van der Waals surface area contributed by atoms with Crippen LogP contribution in [0.1, 0.15) is 11.4 Å². The van der Waals surface area contributed by atoms with Crippen molar-refractivity contribution in [3.05, 3.63) is 46.0 Å². The fourth-order valence-electron chi connectivity index (χ4n) is 1.75. The van der Waals surface area contributed by atoms with Crippen LogP contribution < -0.4 is 0 Å². The molecule has 0 N–H and O–H groups in total. The van der Waals surface area contributed by atoms with E-state index in [0.29, 0.717) is 23.1 Å². The van der Waals surface area contributed by atoms with Crippen LogP contribution in [0.15, 0.2) is 29.6 Å². The van der Waals surface area contributed by atoms with E-state index in [2.05, 4.69) is 9.97 Å². The fraction of sp³-hybridized carbons (Fsp3) is 0.333. The van der Waals surface area contributed by atoms with Gasteiger partial charge in [-0.25, -0.2) is 14.5 Å². The summed E-state index contributed by atoms with van der Waals surface area (Å²) < 4.78 is 38.6. The lowest BCUT2D eigenvalue weighted by atomic mass is 10.3. The lowest BCUT2D eigenvalue weighted by molar-refractivity contribution is -0.392. The van der Waals surface area contributed by atoms with Crippen molar-refractivity contribution < 1.29 is 18.1 Å². The summed E-state index contributed by atoms with van der Waals surface area (Å²) in [6.07, 6.45) is -2.46. The molecule has 6 nitrogen and oxygen atoms in total. The minimum atomic E-state index is -4.41. The second kappa shape index (κ2) is 6.34. The minimum Gasteiger partial charge on any atom is -0.358 e. The van der Waals surface area contributed by atoms with Crippen LogP contribution in [-0.4, -0.2) is 25.2 Å². The molecule has 0 saturated heterocycles. The molecule has 118 valence electrons. The summed E-state index contributed by atoms with van der Waals surface area (Å²) in [4.78, 5) is 17.9. The first-order chi connectivity index (χ1) is 10.3. The maximum absolute atomic E-state index is 12.4. The molecule has 0 bridgehead atoms. The third-order valence-electron chi connectivity index (χ3n) is 2.85. The Morgan fingerprint density at radius 3 is 2.59 bits per heavy atom. The summed E-state index contributed by atoms with van der Waals surface area (Å²) in [5, 5.41) is 11.2. The number of halogens is 3. The van der Waals surface area contributed by atoms with Crippen molar-refractivity contribution in [3.63, 3.8) is 0 Å². The third-order valence-corrected chi connectivity index (χ3v) is 3.77. The monoisotopic (exact) mass is 332 g/mol. The van der Waals surface area contributed by atoms with Gasteiger partial charge in [-0.15, -0.1) is 11.8 Å². The average molecular weight is 332 g/mol. The fourth-order valence-corrected chi connectivity index (χ4v) is 2.53. The molecular formula is C12H11F3N4O2S. The molecule has 0 spiro atoms. The van der Waals surface area contributed by atoms with Gasteiger partial charge in [0.15, 0.2) is 5.82 Å². The summed E-state index contributed by atoms with van der Waals surface area (Å²) in [5.74, 6) is 0.822. The van der Waals surface area contributed by atoms with Crippen molar-refractivity contribution in [2.45, 2.75) is 24.7 Å². The molecule has 10 heteroatoms. The predicted octanol–water partition coefficient (Wildman–Crippen LogP) is 3.31. The number of hydrogen-bond acceptors (Lipinski definition) is 5. The Bertz CT molecular complexity index is 670. The van der Waals surface area contributed by atoms with E-state index in [-0.39, 0.29) is 5.82 Å². The van der Waals surface area contributed by atoms with Crippen LogP contribution in [0, 0.1) is 17.0 Å². The maximum atomic E-state index is 12.4. The number of imidazole rings is 1. The zero-order valence-electron chi connectivity index (χ0n) is 11.4. The van der Waals surface area contributed by atoms with E-state index in [4.69, 9.17) is 0 Å². The van der Waals surface area contributed by atoms with Crippen molar-refractivity contribution in [3.8, 4) is 0 Å². The Hall–Kier alpha value is -2.10. The Morgan fingerprint density at radius 1 is 1.32 bits per heavy atom. The van der Waals surface area contributed by atoms with Gasteiger partial charge in [0.05, 0.1) is 10.6 Å². The van der Waals surface area contributed by atoms with Crippen LogP contribution in [0.5, 0.6) is 0 Å². The molecule has 0 aromatic carbocycles. The number of aromatic nitrogens is 3. The quantitative estimate of drug-likeness (QED) is 0.477. The van der Waals surface area contributed by atoms with Gasteiger partial charge in [0, 0.05) is 18.9 Å². The normalized spacial score (nSPS) is 11.6. The van der Waals surface area contributed by atoms with Crippen LogP contribution in [0.25, 0.3) is 0 Å². The zero-order valence-corrected chi connectivity index (χ0v) is 12.2. The first-order valence-electron chi connectivity index (χ1n) is 6.11. The van der Waals surface area contributed by atoms with Gasteiger partial charge in [-0.05, 0) is 17.1 Å². The van der Waals surface area contributed by atoms with Gasteiger partial charge in [-0.1, -0.05) is 0 Å². The van der Waals surface area contributed by atoms with Gasteiger partial charge in [0.2, 0.25) is 0 Å². The molecule has 0 saturated carbocycles. The van der Waals surface area contributed by atoms with E-state index in [0.717, 1.165) is 12.3 Å². The SMILES string of the molecule is Cc1ncc([N+](=O)[O-])n1CCSc1ccc(C(F)(F)F)cn1. The summed E-state index contributed by atoms with van der Waals surface area (Å²) in [6, 6.07) is 2.24. The molecule has 2 rings (SSSR count). The number of nitrogens with zero attached hydrogens (tertiary/aromatic N) is 4. The van der Waals surface area contributed by atoms with Crippen molar-refractivity contribution >= 4 is 17.6 Å². The maximum Gasteiger partial charge on any atom is 0.417 e. The van der Waals surface area contributed by atoms with Gasteiger partial charge >= 0.3 is 12.0 Å². The summed E-state index contributed by atoms with van der Waals surface area (Å²) in [7, 11) is 0. The zero-order chi connectivity index (χ0) is 16.3. The van der Waals surface area contributed by atoms with E-state index < -0.39 is 16.7 Å². The van der Waals surface area contributed by atoms with E-state index in [1.807, 2.05) is 0 Å². The highest BCUT2D eigenvalue weighted by Gasteiger charge is 2.30. The molecule has 0 atom stereocenters. The lowest BCUT2D eigenvalue weighted by Gasteiger charge is -2.06. The number of hydrogen-bond donors (Lipinski definition) is 0. The second-order valence-corrected chi connectivity index (χ2v) is 5.42. The van der Waals surface area contributed by atoms with E-state index >= 15 is 0 Å². The van der Waals surface area contributed by atoms with Crippen molar-refractivity contribution in [1.82, 2.24) is 14.5 Å². The van der Waals surface area contributed by atoms with Crippen molar-refractivity contribution in [1.29, 1.82) is 0 Å². The van der Waals surface area contributed by atoms with Gasteiger partial charge in [-0.2, -0.15) is 13.2 Å². The topological polar surface area (TPSA) is 73.8 Å². The molecule has 0 aliphatic rings. The van der Waals surface area contributed by atoms with Crippen LogP contribution >= 0.6 is 11.8 Å². The first-order valence-corrected chi connectivity index (χ1v) is 7.10. The number of alkyl halides is 3. The Balaban J connectivity index is 1.97. The second-order valence-electron chi connectivity index (χ2n) is 4.30. The highest BCUT2D eigenvalue weighted by atomic mass is 32.2. The standard InChI is InChI=1S/C12H11F3N4O2S/c1-8-16-7-11(19(20)21)18(8)4-5-22-10-3-2-9(6-17-10)12(13,14)15/h2-3,6-7H,4-5H2,1H3. The molecule has 22 heavy (non-hydrogen) atoms. The first kappa shape index (κ1) is 16.3. The number of pyridine rings is 1. The predicted molar refractivity (Wildman–Crippen MR) is 73.6 cm³/mol. The number of aryl methyl sites for hydroxylation is 1. The Morgan fingerprint density at radius 2 is 2.05 bits per heavy atom. The Kier molecular flexibility index (Phi) is 4.69. The molecule has 0 radical (unpaired) electrons. The van der Waals surface area contributed by atoms with Crippen LogP contribution in [0.4, 0.5) is 19.0 Å². The summed E-state index contributed by atoms with van der Waals surface area (Å²) >= 11 is 1.22. The third kappa shape index (κ3) is 3.75. The van der Waals surface area contributed by atoms with Gasteiger partial charge in [0.1, 0.15) is 12.7 Å². The highest BCUT2D eigenvalue weighted by molar-refractivity contribution is 7.99. The molecule has 0 aliphatic carbocycles. The number of rotatable bonds is 5. The van der Waals surface area contributed by atoms with Gasteiger partial charge in [0.25, 0.3) is 0 Å². The average Bonchev–Trinajstić information content (AvgIpc) is 2.80. The summed E-state index contributed by atoms with van der Waals surface area (Å²) in [5.41, 5.74) is -0.807. The van der Waals surface area contributed by atoms with Gasteiger partial charge < -0.3 is 10.1 Å². The molecule has 0 fully saturated rings. The molecule has 2 heterocycles. The van der Waals surface area contributed by atoms with Crippen molar-refractivity contribution in [2.24, 2.45) is 0 Å². The lowest BCUT2D eigenvalue weighted by Crippen LogP contribution is -2.07. The van der Waals surface area contributed by atoms with Crippen LogP contribution in [0.2, 0.25) is 0 Å². The van der Waals surface area contributed by atoms with E-state index in [1.165, 1.54) is 28.6 Å². The molecule has 0 amide bonds. The molecule has 0 aliphatic heterocycles. The molecule has 0 unspecified atom stereocenters. The van der Waals surface area contributed by atoms with Crippen LogP contribution in [0.3, 0.4) is 0 Å². The van der Waals surface area contributed by atoms with E-state index in [1.54, 1.807) is 6.92 Å². The highest BCUT2D eigenvalue weighted by Crippen LogP contribution is 2.29. The molecule has 2 aromatic rings. The summed E-state index contributed by atoms with van der Waals surface area (Å²) in [6.45, 7) is 1.96. The number of thioether (sulfide) groups is 1. The van der Waals surface area contributed by atoms with Crippen molar-refractivity contribution in [2.75, 3.05) is 5.75 Å².